The molecule has 0 amide bonds. The molecule has 7 heteroatoms. The number of sulfonamides is 1. The summed E-state index contributed by atoms with van der Waals surface area (Å²) in [6, 6.07) is 22.6. The molecule has 1 aliphatic heterocycles. The average Bonchev–Trinajstić information content (AvgIpc) is 3.15. The van der Waals surface area contributed by atoms with Gasteiger partial charge >= 0.3 is 5.97 Å². The molecule has 1 N–H and O–H groups in total. The van der Waals surface area contributed by atoms with Crippen LogP contribution in [0.4, 0.5) is 0 Å². The minimum Gasteiger partial charge on any atom is -0.481 e. The van der Waals surface area contributed by atoms with Gasteiger partial charge in [-0.1, -0.05) is 72.6 Å². The molecule has 34 heavy (non-hydrogen) atoms. The topological polar surface area (TPSA) is 74.7 Å². The van der Waals surface area contributed by atoms with Crippen molar-refractivity contribution >= 4 is 27.8 Å². The molecule has 1 saturated heterocycles. The Labute approximate surface area is 205 Å². The number of aryl methyl sites for hydroxylation is 2. The molecule has 0 saturated carbocycles. The standard InChI is InChI=1S/C27H29NO4S2/c1-4-23-26(33-21-8-6-5-7-9-21)24(27(29)30)25(20-14-10-18(2)11-15-20)28(23)34(31,32)22-16-12-19(3)13-17-22/h5-17,23-26H,4H2,1-3H3,(H,29,30)/t23-,24+,25+,26-/m1/s1. The predicted molar refractivity (Wildman–Crippen MR) is 135 cm³/mol. The number of carboxylic acids is 1. The zero-order valence-electron chi connectivity index (χ0n) is 19.5. The van der Waals surface area contributed by atoms with Crippen molar-refractivity contribution in [3.05, 3.63) is 95.6 Å². The van der Waals surface area contributed by atoms with Crippen LogP contribution in [0, 0.1) is 19.8 Å². The highest BCUT2D eigenvalue weighted by Crippen LogP contribution is 2.51. The number of carboxylic acid groups (broad SMARTS) is 1. The Bertz CT molecular complexity index is 1240. The number of hydrogen-bond donors (Lipinski definition) is 1. The zero-order valence-corrected chi connectivity index (χ0v) is 21.1. The number of aliphatic carboxylic acids is 1. The summed E-state index contributed by atoms with van der Waals surface area (Å²) in [6.07, 6.45) is 0.502. The van der Waals surface area contributed by atoms with Gasteiger partial charge in [0.2, 0.25) is 10.0 Å². The van der Waals surface area contributed by atoms with Gasteiger partial charge in [0.15, 0.2) is 0 Å². The Kier molecular flexibility index (Phi) is 7.17. The number of rotatable bonds is 7. The monoisotopic (exact) mass is 495 g/mol. The maximum atomic E-state index is 14.1. The van der Waals surface area contributed by atoms with Crippen molar-refractivity contribution in [1.29, 1.82) is 0 Å². The van der Waals surface area contributed by atoms with Crippen LogP contribution in [-0.4, -0.2) is 35.1 Å². The van der Waals surface area contributed by atoms with E-state index in [0.717, 1.165) is 16.0 Å². The lowest BCUT2D eigenvalue weighted by Gasteiger charge is -2.30. The van der Waals surface area contributed by atoms with E-state index in [4.69, 9.17) is 0 Å². The molecule has 0 spiro atoms. The molecule has 5 nitrogen and oxygen atoms in total. The molecule has 4 atom stereocenters. The van der Waals surface area contributed by atoms with Gasteiger partial charge in [-0.2, -0.15) is 4.31 Å². The van der Waals surface area contributed by atoms with Crippen LogP contribution in [0.1, 0.15) is 36.1 Å². The smallest absolute Gasteiger partial charge is 0.309 e. The fourth-order valence-electron chi connectivity index (χ4n) is 4.70. The molecule has 1 heterocycles. The van der Waals surface area contributed by atoms with Crippen molar-refractivity contribution < 1.29 is 18.3 Å². The molecule has 0 aliphatic carbocycles. The number of carbonyl (C=O) groups is 1. The Balaban J connectivity index is 1.90. The van der Waals surface area contributed by atoms with E-state index in [1.54, 1.807) is 24.3 Å². The van der Waals surface area contributed by atoms with Gasteiger partial charge in [0, 0.05) is 16.2 Å². The van der Waals surface area contributed by atoms with Crippen LogP contribution in [0.15, 0.2) is 88.7 Å². The number of hydrogen-bond acceptors (Lipinski definition) is 4. The summed E-state index contributed by atoms with van der Waals surface area (Å²) in [5.41, 5.74) is 2.69. The maximum Gasteiger partial charge on any atom is 0.309 e. The van der Waals surface area contributed by atoms with Crippen LogP contribution in [0.25, 0.3) is 0 Å². The van der Waals surface area contributed by atoms with E-state index in [2.05, 4.69) is 0 Å². The average molecular weight is 496 g/mol. The molecule has 3 aromatic rings. The fourth-order valence-corrected chi connectivity index (χ4v) is 8.21. The van der Waals surface area contributed by atoms with Crippen LogP contribution < -0.4 is 0 Å². The third-order valence-corrected chi connectivity index (χ3v) is 9.75. The lowest BCUT2D eigenvalue weighted by atomic mass is 9.92. The Morgan fingerprint density at radius 3 is 2.00 bits per heavy atom. The summed E-state index contributed by atoms with van der Waals surface area (Å²) in [6.45, 7) is 5.79. The quantitative estimate of drug-likeness (QED) is 0.456. The van der Waals surface area contributed by atoms with Crippen molar-refractivity contribution in [3.8, 4) is 0 Å². The Morgan fingerprint density at radius 2 is 1.47 bits per heavy atom. The van der Waals surface area contributed by atoms with Crippen LogP contribution in [0.5, 0.6) is 0 Å². The van der Waals surface area contributed by atoms with Gasteiger partial charge < -0.3 is 5.11 Å². The Morgan fingerprint density at radius 1 is 0.912 bits per heavy atom. The van der Waals surface area contributed by atoms with E-state index in [9.17, 15) is 18.3 Å². The first-order valence-corrected chi connectivity index (χ1v) is 13.7. The van der Waals surface area contributed by atoms with Crippen LogP contribution >= 0.6 is 11.8 Å². The van der Waals surface area contributed by atoms with Gasteiger partial charge in [-0.15, -0.1) is 11.8 Å². The van der Waals surface area contributed by atoms with Gasteiger partial charge in [0.05, 0.1) is 16.9 Å². The van der Waals surface area contributed by atoms with Crippen molar-refractivity contribution in [2.75, 3.05) is 0 Å². The minimum absolute atomic E-state index is 0.183. The predicted octanol–water partition coefficient (Wildman–Crippen LogP) is 5.69. The highest BCUT2D eigenvalue weighted by atomic mass is 32.2. The van der Waals surface area contributed by atoms with Crippen molar-refractivity contribution in [2.24, 2.45) is 5.92 Å². The lowest BCUT2D eigenvalue weighted by Crippen LogP contribution is -2.39. The zero-order chi connectivity index (χ0) is 24.5. The summed E-state index contributed by atoms with van der Waals surface area (Å²) in [4.78, 5) is 13.8. The van der Waals surface area contributed by atoms with Crippen LogP contribution in [0.2, 0.25) is 0 Å². The fraction of sp³-hybridized carbons (Fsp3) is 0.296. The van der Waals surface area contributed by atoms with E-state index in [-0.39, 0.29) is 4.90 Å². The maximum absolute atomic E-state index is 14.1. The molecular formula is C27H29NO4S2. The van der Waals surface area contributed by atoms with Gasteiger partial charge in [-0.3, -0.25) is 4.79 Å². The number of thioether (sulfide) groups is 1. The molecular weight excluding hydrogens is 466 g/mol. The van der Waals surface area contributed by atoms with E-state index in [0.29, 0.717) is 12.0 Å². The van der Waals surface area contributed by atoms with E-state index in [1.165, 1.54) is 16.1 Å². The second-order valence-corrected chi connectivity index (χ2v) is 11.8. The Hall–Kier alpha value is -2.61. The molecule has 1 aliphatic rings. The third-order valence-electron chi connectivity index (χ3n) is 6.41. The molecule has 1 fully saturated rings. The molecule has 0 aromatic heterocycles. The summed E-state index contributed by atoms with van der Waals surface area (Å²) >= 11 is 1.45. The van der Waals surface area contributed by atoms with E-state index >= 15 is 0 Å². The highest BCUT2D eigenvalue weighted by Gasteiger charge is 2.56. The van der Waals surface area contributed by atoms with Gasteiger partial charge in [0.25, 0.3) is 0 Å². The van der Waals surface area contributed by atoms with Crippen molar-refractivity contribution in [1.82, 2.24) is 4.31 Å². The first kappa shape index (κ1) is 24.5. The summed E-state index contributed by atoms with van der Waals surface area (Å²) in [7, 11) is -3.96. The van der Waals surface area contributed by atoms with Gasteiger partial charge in [-0.25, -0.2) is 8.42 Å². The highest BCUT2D eigenvalue weighted by molar-refractivity contribution is 8.00. The van der Waals surface area contributed by atoms with Gasteiger partial charge in [-0.05, 0) is 50.1 Å². The molecule has 3 aromatic carbocycles. The summed E-state index contributed by atoms with van der Waals surface area (Å²) in [5.74, 6) is -1.89. The first-order chi connectivity index (χ1) is 16.2. The molecule has 0 unspecified atom stereocenters. The first-order valence-electron chi connectivity index (χ1n) is 11.4. The normalized spacial score (nSPS) is 23.1. The molecule has 178 valence electrons. The molecule has 4 rings (SSSR count). The van der Waals surface area contributed by atoms with Crippen molar-refractivity contribution in [3.63, 3.8) is 0 Å². The second-order valence-electron chi connectivity index (χ2n) is 8.74. The number of nitrogens with zero attached hydrogens (tertiary/aromatic N) is 1. The van der Waals surface area contributed by atoms with E-state index < -0.39 is 39.2 Å². The minimum atomic E-state index is -3.96. The molecule has 0 bridgehead atoms. The summed E-state index contributed by atoms with van der Waals surface area (Å²) in [5, 5.41) is 9.97. The lowest BCUT2D eigenvalue weighted by molar-refractivity contribution is -0.142. The molecule has 0 radical (unpaired) electrons. The van der Waals surface area contributed by atoms with Crippen LogP contribution in [0.3, 0.4) is 0 Å². The van der Waals surface area contributed by atoms with Crippen LogP contribution in [-0.2, 0) is 14.8 Å². The largest absolute Gasteiger partial charge is 0.481 e. The van der Waals surface area contributed by atoms with E-state index in [1.807, 2.05) is 75.4 Å². The van der Waals surface area contributed by atoms with Crippen molar-refractivity contribution in [2.45, 2.75) is 54.3 Å². The SMILES string of the molecule is CC[C@@H]1[C@@H](Sc2ccccc2)[C@@H](C(=O)O)[C@H](c2ccc(C)cc2)N1S(=O)(=O)c1ccc(C)cc1. The summed E-state index contributed by atoms with van der Waals surface area (Å²) < 4.78 is 29.6. The second kappa shape index (κ2) is 9.94. The third kappa shape index (κ3) is 4.65. The van der Waals surface area contributed by atoms with Gasteiger partial charge in [0.1, 0.15) is 0 Å². The number of benzene rings is 3.